The van der Waals surface area contributed by atoms with Crippen LogP contribution >= 0.6 is 0 Å². The first-order valence-electron chi connectivity index (χ1n) is 3.90. The van der Waals surface area contributed by atoms with E-state index in [4.69, 9.17) is 5.73 Å². The number of hydrogen-bond acceptors (Lipinski definition) is 3. The number of nitrogen functional groups attached to an aromatic ring is 1. The molecule has 66 valence electrons. The molecule has 0 saturated heterocycles. The highest BCUT2D eigenvalue weighted by Crippen LogP contribution is 2.12. The van der Waals surface area contributed by atoms with Gasteiger partial charge in [0.15, 0.2) is 0 Å². The summed E-state index contributed by atoms with van der Waals surface area (Å²) in [7, 11) is 1.67. The summed E-state index contributed by atoms with van der Waals surface area (Å²) in [4.78, 5) is 15.6. The Morgan fingerprint density at radius 2 is 2.31 bits per heavy atom. The molecular weight excluding hydrogens is 166 g/mol. The Morgan fingerprint density at radius 1 is 1.54 bits per heavy atom. The zero-order valence-corrected chi connectivity index (χ0v) is 7.19. The standard InChI is InChI=1S/C9H9N3O/c1-12-5-7(10)8-6(9(12)13)3-2-4-11-8/h2-5H,10H2,1H3. The third-order valence-corrected chi connectivity index (χ3v) is 1.96. The van der Waals surface area contributed by atoms with Crippen LogP contribution in [0.3, 0.4) is 0 Å². The predicted octanol–water partition coefficient (Wildman–Crippen LogP) is 0.516. The van der Waals surface area contributed by atoms with E-state index in [9.17, 15) is 4.79 Å². The smallest absolute Gasteiger partial charge is 0.259 e. The molecular formula is C9H9N3O. The van der Waals surface area contributed by atoms with Gasteiger partial charge in [-0.2, -0.15) is 0 Å². The molecule has 4 heteroatoms. The average Bonchev–Trinajstić information content (AvgIpc) is 2.15. The topological polar surface area (TPSA) is 60.9 Å². The number of nitrogens with two attached hydrogens (primary N) is 1. The average molecular weight is 175 g/mol. The highest BCUT2D eigenvalue weighted by atomic mass is 16.1. The SMILES string of the molecule is Cn1cc(N)c2ncccc2c1=O. The number of aryl methyl sites for hydroxylation is 1. The second-order valence-electron chi connectivity index (χ2n) is 2.90. The van der Waals surface area contributed by atoms with Crippen LogP contribution in [0.1, 0.15) is 0 Å². The monoisotopic (exact) mass is 175 g/mol. The van der Waals surface area contributed by atoms with Crippen molar-refractivity contribution in [1.29, 1.82) is 0 Å². The Hall–Kier alpha value is -1.84. The minimum Gasteiger partial charge on any atom is -0.396 e. The van der Waals surface area contributed by atoms with Crippen molar-refractivity contribution in [1.82, 2.24) is 9.55 Å². The molecule has 2 N–H and O–H groups in total. The molecule has 0 fully saturated rings. The molecule has 0 atom stereocenters. The maximum absolute atomic E-state index is 11.5. The van der Waals surface area contributed by atoms with Crippen LogP contribution < -0.4 is 11.3 Å². The third-order valence-electron chi connectivity index (χ3n) is 1.96. The number of hydrogen-bond donors (Lipinski definition) is 1. The molecule has 0 aromatic carbocycles. The Morgan fingerprint density at radius 3 is 3.08 bits per heavy atom. The van der Waals surface area contributed by atoms with E-state index in [1.807, 2.05) is 0 Å². The van der Waals surface area contributed by atoms with E-state index in [2.05, 4.69) is 4.98 Å². The molecule has 0 aliphatic rings. The molecule has 0 bridgehead atoms. The number of fused-ring (bicyclic) bond motifs is 1. The fraction of sp³-hybridized carbons (Fsp3) is 0.111. The highest BCUT2D eigenvalue weighted by molar-refractivity contribution is 5.87. The fourth-order valence-electron chi connectivity index (χ4n) is 1.33. The van der Waals surface area contributed by atoms with Gasteiger partial charge in [-0.15, -0.1) is 0 Å². The van der Waals surface area contributed by atoms with Crippen LogP contribution in [0.25, 0.3) is 10.9 Å². The molecule has 0 unspecified atom stereocenters. The summed E-state index contributed by atoms with van der Waals surface area (Å²) in [6, 6.07) is 3.45. The van der Waals surface area contributed by atoms with E-state index in [0.717, 1.165) is 0 Å². The van der Waals surface area contributed by atoms with Gasteiger partial charge in [-0.1, -0.05) is 0 Å². The van der Waals surface area contributed by atoms with E-state index in [1.54, 1.807) is 31.6 Å². The second kappa shape index (κ2) is 2.58. The maximum atomic E-state index is 11.5. The summed E-state index contributed by atoms with van der Waals surface area (Å²) in [6.07, 6.45) is 3.20. The zero-order chi connectivity index (χ0) is 9.42. The molecule has 0 amide bonds. The number of pyridine rings is 2. The van der Waals surface area contributed by atoms with Gasteiger partial charge in [-0.3, -0.25) is 9.78 Å². The number of rotatable bonds is 0. The molecule has 0 saturated carbocycles. The molecule has 2 rings (SSSR count). The lowest BCUT2D eigenvalue weighted by Gasteiger charge is -2.02. The molecule has 2 heterocycles. The largest absolute Gasteiger partial charge is 0.396 e. The van der Waals surface area contributed by atoms with Crippen molar-refractivity contribution in [3.8, 4) is 0 Å². The van der Waals surface area contributed by atoms with E-state index in [-0.39, 0.29) is 5.56 Å². The lowest BCUT2D eigenvalue weighted by molar-refractivity contribution is 0.874. The number of aromatic nitrogens is 2. The van der Waals surface area contributed by atoms with Crippen LogP contribution in [0.15, 0.2) is 29.3 Å². The van der Waals surface area contributed by atoms with Crippen LogP contribution in [-0.2, 0) is 7.05 Å². The molecule has 4 nitrogen and oxygen atoms in total. The van der Waals surface area contributed by atoms with Crippen molar-refractivity contribution >= 4 is 16.6 Å². The van der Waals surface area contributed by atoms with E-state index >= 15 is 0 Å². The minimum atomic E-state index is -0.0719. The van der Waals surface area contributed by atoms with Crippen LogP contribution in [0.4, 0.5) is 5.69 Å². The van der Waals surface area contributed by atoms with Gasteiger partial charge in [0.2, 0.25) is 0 Å². The van der Waals surface area contributed by atoms with Crippen LogP contribution in [-0.4, -0.2) is 9.55 Å². The Balaban J connectivity index is 3.06. The molecule has 2 aromatic heterocycles. The van der Waals surface area contributed by atoms with Crippen molar-refractivity contribution in [3.63, 3.8) is 0 Å². The van der Waals surface area contributed by atoms with Gasteiger partial charge in [0, 0.05) is 19.4 Å². The summed E-state index contributed by atoms with van der Waals surface area (Å²) in [5, 5.41) is 0.560. The number of anilines is 1. The van der Waals surface area contributed by atoms with Crippen LogP contribution in [0.2, 0.25) is 0 Å². The first-order chi connectivity index (χ1) is 6.20. The minimum absolute atomic E-state index is 0.0719. The Bertz CT molecular complexity index is 516. The first-order valence-corrected chi connectivity index (χ1v) is 3.90. The molecule has 0 spiro atoms. The van der Waals surface area contributed by atoms with E-state index < -0.39 is 0 Å². The quantitative estimate of drug-likeness (QED) is 0.634. The van der Waals surface area contributed by atoms with Crippen molar-refractivity contribution in [2.75, 3.05) is 5.73 Å². The summed E-state index contributed by atoms with van der Waals surface area (Å²) >= 11 is 0. The Labute approximate surface area is 74.6 Å². The summed E-state index contributed by atoms with van der Waals surface area (Å²) in [5.74, 6) is 0. The zero-order valence-electron chi connectivity index (χ0n) is 7.19. The highest BCUT2D eigenvalue weighted by Gasteiger charge is 2.03. The van der Waals surface area contributed by atoms with E-state index in [0.29, 0.717) is 16.6 Å². The van der Waals surface area contributed by atoms with Crippen LogP contribution in [0.5, 0.6) is 0 Å². The van der Waals surface area contributed by atoms with Gasteiger partial charge in [-0.05, 0) is 12.1 Å². The third kappa shape index (κ3) is 1.07. The Kier molecular flexibility index (Phi) is 1.55. The van der Waals surface area contributed by atoms with Gasteiger partial charge in [0.1, 0.15) is 5.52 Å². The molecule has 0 aliphatic carbocycles. The van der Waals surface area contributed by atoms with Crippen molar-refractivity contribution in [2.24, 2.45) is 7.05 Å². The summed E-state index contributed by atoms with van der Waals surface area (Å²) < 4.78 is 1.46. The lowest BCUT2D eigenvalue weighted by atomic mass is 10.2. The molecule has 0 aliphatic heterocycles. The van der Waals surface area contributed by atoms with Gasteiger partial charge in [-0.25, -0.2) is 0 Å². The lowest BCUT2D eigenvalue weighted by Crippen LogP contribution is -2.17. The first kappa shape index (κ1) is 7.79. The fourth-order valence-corrected chi connectivity index (χ4v) is 1.33. The van der Waals surface area contributed by atoms with Gasteiger partial charge < -0.3 is 10.3 Å². The molecule has 0 radical (unpaired) electrons. The maximum Gasteiger partial charge on any atom is 0.259 e. The van der Waals surface area contributed by atoms with Crippen molar-refractivity contribution in [2.45, 2.75) is 0 Å². The summed E-state index contributed by atoms with van der Waals surface area (Å²) in [5.41, 5.74) is 6.73. The normalized spacial score (nSPS) is 10.5. The van der Waals surface area contributed by atoms with Gasteiger partial charge >= 0.3 is 0 Å². The van der Waals surface area contributed by atoms with Gasteiger partial charge in [0.05, 0.1) is 11.1 Å². The predicted molar refractivity (Wildman–Crippen MR) is 51.4 cm³/mol. The van der Waals surface area contributed by atoms with Crippen molar-refractivity contribution < 1.29 is 0 Å². The molecule has 2 aromatic rings. The number of nitrogens with zero attached hydrogens (tertiary/aromatic N) is 2. The van der Waals surface area contributed by atoms with Gasteiger partial charge in [0.25, 0.3) is 5.56 Å². The summed E-state index contributed by atoms with van der Waals surface area (Å²) in [6.45, 7) is 0. The second-order valence-corrected chi connectivity index (χ2v) is 2.90. The molecule has 13 heavy (non-hydrogen) atoms. The van der Waals surface area contributed by atoms with Crippen molar-refractivity contribution in [3.05, 3.63) is 34.9 Å². The van der Waals surface area contributed by atoms with E-state index in [1.165, 1.54) is 4.57 Å². The van der Waals surface area contributed by atoms with Crippen LogP contribution in [0, 0.1) is 0 Å².